The van der Waals surface area contributed by atoms with E-state index in [1.165, 1.54) is 16.6 Å². The first-order valence-corrected chi connectivity index (χ1v) is 12.5. The maximum Gasteiger partial charge on any atom is 0.225 e. The number of para-hydroxylation sites is 1. The zero-order chi connectivity index (χ0) is 24.6. The minimum absolute atomic E-state index is 0.127. The number of ether oxygens (including phenoxy) is 2. The second-order valence-corrected chi connectivity index (χ2v) is 10.6. The van der Waals surface area contributed by atoms with Crippen LogP contribution in [-0.2, 0) is 16.8 Å². The maximum absolute atomic E-state index is 13.6. The van der Waals surface area contributed by atoms with Crippen LogP contribution in [0.25, 0.3) is 10.9 Å². The van der Waals surface area contributed by atoms with Crippen molar-refractivity contribution in [1.29, 1.82) is 0 Å². The Morgan fingerprint density at radius 3 is 2.69 bits per heavy atom. The Morgan fingerprint density at radius 2 is 1.94 bits per heavy atom. The van der Waals surface area contributed by atoms with E-state index >= 15 is 0 Å². The number of rotatable bonds is 7. The van der Waals surface area contributed by atoms with Gasteiger partial charge >= 0.3 is 0 Å². The summed E-state index contributed by atoms with van der Waals surface area (Å²) in [5.74, 6) is 1.86. The number of H-pyrrole nitrogens is 1. The van der Waals surface area contributed by atoms with Crippen molar-refractivity contribution in [2.75, 3.05) is 39.9 Å². The number of hydrogen-bond donors (Lipinski definition) is 2. The summed E-state index contributed by atoms with van der Waals surface area (Å²) in [6, 6.07) is 16.1. The topological polar surface area (TPSA) is 83.8 Å². The third-order valence-electron chi connectivity index (χ3n) is 7.33. The molecule has 1 atom stereocenters. The Labute approximate surface area is 207 Å². The number of benzene rings is 2. The molecule has 7 nitrogen and oxygen atoms in total. The highest BCUT2D eigenvalue weighted by Gasteiger charge is 2.51. The molecule has 3 heterocycles. The summed E-state index contributed by atoms with van der Waals surface area (Å²) in [5.41, 5.74) is 8.89. The summed E-state index contributed by atoms with van der Waals surface area (Å²) in [7, 11) is 1.70. The lowest BCUT2D eigenvalue weighted by Crippen LogP contribution is -2.56. The summed E-state index contributed by atoms with van der Waals surface area (Å²) in [4.78, 5) is 21.8. The number of carbonyl (C=O) groups excluding carboxylic acids is 1. The highest BCUT2D eigenvalue weighted by molar-refractivity contribution is 5.88. The zero-order valence-corrected chi connectivity index (χ0v) is 21.0. The van der Waals surface area contributed by atoms with Gasteiger partial charge in [-0.15, -0.1) is 0 Å². The summed E-state index contributed by atoms with van der Waals surface area (Å²) in [6.45, 7) is 7.64. The van der Waals surface area contributed by atoms with E-state index in [0.29, 0.717) is 19.6 Å². The van der Waals surface area contributed by atoms with Crippen LogP contribution < -0.4 is 15.2 Å². The van der Waals surface area contributed by atoms with Crippen molar-refractivity contribution in [3.8, 4) is 11.5 Å². The van der Waals surface area contributed by atoms with Gasteiger partial charge in [-0.3, -0.25) is 9.69 Å². The van der Waals surface area contributed by atoms with Crippen molar-refractivity contribution in [3.05, 3.63) is 59.8 Å². The van der Waals surface area contributed by atoms with Crippen molar-refractivity contribution in [3.63, 3.8) is 0 Å². The minimum atomic E-state index is -0.547. The molecule has 2 aromatic carbocycles. The molecule has 1 fully saturated rings. The van der Waals surface area contributed by atoms with Crippen LogP contribution in [-0.4, -0.2) is 66.1 Å². The van der Waals surface area contributed by atoms with Crippen LogP contribution in [0.2, 0.25) is 0 Å². The summed E-state index contributed by atoms with van der Waals surface area (Å²) in [6.07, 6.45) is 2.03. The Kier molecular flexibility index (Phi) is 6.23. The van der Waals surface area contributed by atoms with Gasteiger partial charge in [0.15, 0.2) is 0 Å². The predicted octanol–water partition coefficient (Wildman–Crippen LogP) is 3.67. The Morgan fingerprint density at radius 1 is 1.14 bits per heavy atom. The first-order chi connectivity index (χ1) is 16.8. The Balaban J connectivity index is 1.44. The molecule has 3 N–H and O–H groups in total. The molecule has 2 aliphatic heterocycles. The van der Waals surface area contributed by atoms with Gasteiger partial charge in [0.1, 0.15) is 18.1 Å². The van der Waals surface area contributed by atoms with E-state index in [-0.39, 0.29) is 5.91 Å². The van der Waals surface area contributed by atoms with Gasteiger partial charge in [0, 0.05) is 54.7 Å². The molecular weight excluding hydrogens is 440 g/mol. The number of aromatic amines is 1. The van der Waals surface area contributed by atoms with Gasteiger partial charge in [0.25, 0.3) is 0 Å². The minimum Gasteiger partial charge on any atom is -0.497 e. The Bertz CT molecular complexity index is 1200. The molecule has 5 rings (SSSR count). The molecule has 0 saturated carbocycles. The van der Waals surface area contributed by atoms with Gasteiger partial charge in [-0.1, -0.05) is 18.2 Å². The molecule has 7 heteroatoms. The molecule has 0 bridgehead atoms. The SMILES string of the molecule is COc1ccc2[nH]c3c(c2c1)CCN(C(=O)CC(C)(C)N)C31CCN(CCOc2ccccc2)C1. The average Bonchev–Trinajstić information content (AvgIpc) is 3.41. The van der Waals surface area contributed by atoms with Crippen molar-refractivity contribution < 1.29 is 14.3 Å². The lowest BCUT2D eigenvalue weighted by molar-refractivity contribution is -0.139. The van der Waals surface area contributed by atoms with Crippen LogP contribution in [0.4, 0.5) is 0 Å². The molecule has 0 aliphatic carbocycles. The van der Waals surface area contributed by atoms with Gasteiger partial charge in [-0.2, -0.15) is 0 Å². The van der Waals surface area contributed by atoms with Crippen LogP contribution in [0.15, 0.2) is 48.5 Å². The van der Waals surface area contributed by atoms with Gasteiger partial charge in [-0.25, -0.2) is 0 Å². The van der Waals surface area contributed by atoms with Crippen LogP contribution in [0, 0.1) is 0 Å². The lowest BCUT2D eigenvalue weighted by atomic mass is 9.83. The van der Waals surface area contributed by atoms with Crippen molar-refractivity contribution >= 4 is 16.8 Å². The number of nitrogens with one attached hydrogen (secondary N) is 1. The summed E-state index contributed by atoms with van der Waals surface area (Å²) in [5, 5.41) is 1.19. The smallest absolute Gasteiger partial charge is 0.225 e. The number of nitrogens with two attached hydrogens (primary N) is 1. The summed E-state index contributed by atoms with van der Waals surface area (Å²) >= 11 is 0. The number of amides is 1. The molecule has 1 amide bonds. The molecule has 1 saturated heterocycles. The number of hydrogen-bond acceptors (Lipinski definition) is 5. The average molecular weight is 477 g/mol. The van der Waals surface area contributed by atoms with E-state index in [0.717, 1.165) is 49.5 Å². The monoisotopic (exact) mass is 476 g/mol. The highest BCUT2D eigenvalue weighted by atomic mass is 16.5. The quantitative estimate of drug-likeness (QED) is 0.544. The normalized spacial score (nSPS) is 20.4. The third-order valence-corrected chi connectivity index (χ3v) is 7.33. The number of likely N-dealkylation sites (tertiary alicyclic amines) is 1. The van der Waals surface area contributed by atoms with Gasteiger partial charge in [0.05, 0.1) is 12.6 Å². The molecule has 0 radical (unpaired) electrons. The van der Waals surface area contributed by atoms with Gasteiger partial charge < -0.3 is 25.1 Å². The zero-order valence-electron chi connectivity index (χ0n) is 21.0. The fraction of sp³-hybridized carbons (Fsp3) is 0.464. The molecule has 35 heavy (non-hydrogen) atoms. The van der Waals surface area contributed by atoms with Crippen molar-refractivity contribution in [2.45, 2.75) is 44.2 Å². The first-order valence-electron chi connectivity index (χ1n) is 12.5. The number of aromatic nitrogens is 1. The molecular formula is C28H36N4O3. The second kappa shape index (κ2) is 9.21. The maximum atomic E-state index is 13.6. The number of nitrogens with zero attached hydrogens (tertiary/aromatic N) is 2. The Hall–Kier alpha value is -3.03. The van der Waals surface area contributed by atoms with Gasteiger partial charge in [-0.05, 0) is 62.6 Å². The van der Waals surface area contributed by atoms with E-state index in [9.17, 15) is 4.79 Å². The number of carbonyl (C=O) groups is 1. The molecule has 1 aromatic heterocycles. The lowest BCUT2D eigenvalue weighted by Gasteiger charge is -2.45. The van der Waals surface area contributed by atoms with Crippen molar-refractivity contribution in [2.24, 2.45) is 5.73 Å². The van der Waals surface area contributed by atoms with Crippen LogP contribution in [0.3, 0.4) is 0 Å². The third kappa shape index (κ3) is 4.62. The van der Waals surface area contributed by atoms with E-state index in [1.807, 2.05) is 50.2 Å². The number of fused-ring (bicyclic) bond motifs is 4. The highest BCUT2D eigenvalue weighted by Crippen LogP contribution is 2.45. The molecule has 3 aromatic rings. The first kappa shape index (κ1) is 23.7. The second-order valence-electron chi connectivity index (χ2n) is 10.6. The fourth-order valence-corrected chi connectivity index (χ4v) is 5.73. The van der Waals surface area contributed by atoms with Gasteiger partial charge in [0.2, 0.25) is 5.91 Å². The van der Waals surface area contributed by atoms with E-state index in [2.05, 4.69) is 26.9 Å². The van der Waals surface area contributed by atoms with Crippen LogP contribution in [0.1, 0.15) is 37.9 Å². The standard InChI is InChI=1S/C28H36N4O3/c1-27(2,29)18-25(33)32-13-11-22-23-17-21(34-3)9-10-24(23)30-26(22)28(32)12-14-31(19-28)15-16-35-20-7-5-4-6-8-20/h4-10,17,30H,11-16,18-19,29H2,1-3H3. The van der Waals surface area contributed by atoms with E-state index in [1.54, 1.807) is 7.11 Å². The van der Waals surface area contributed by atoms with E-state index < -0.39 is 11.1 Å². The van der Waals surface area contributed by atoms with E-state index in [4.69, 9.17) is 15.2 Å². The molecule has 1 unspecified atom stereocenters. The van der Waals surface area contributed by atoms with Crippen LogP contribution >= 0.6 is 0 Å². The van der Waals surface area contributed by atoms with Crippen LogP contribution in [0.5, 0.6) is 11.5 Å². The van der Waals surface area contributed by atoms with Crippen molar-refractivity contribution in [1.82, 2.24) is 14.8 Å². The fourth-order valence-electron chi connectivity index (χ4n) is 5.73. The summed E-state index contributed by atoms with van der Waals surface area (Å²) < 4.78 is 11.5. The molecule has 186 valence electrons. The molecule has 1 spiro atoms. The molecule has 2 aliphatic rings. The largest absolute Gasteiger partial charge is 0.497 e. The number of methoxy groups -OCH3 is 1. The predicted molar refractivity (Wildman–Crippen MR) is 138 cm³/mol.